The lowest BCUT2D eigenvalue weighted by Gasteiger charge is -2.21. The van der Waals surface area contributed by atoms with Crippen molar-refractivity contribution in [1.82, 2.24) is 15.4 Å². The highest BCUT2D eigenvalue weighted by atomic mass is 16.5. The smallest absolute Gasteiger partial charge is 0.411 e. The second kappa shape index (κ2) is 15.6. The van der Waals surface area contributed by atoms with Crippen LogP contribution in [0.4, 0.5) is 16.2 Å². The molecule has 0 saturated carbocycles. The van der Waals surface area contributed by atoms with Gasteiger partial charge in [-0.3, -0.25) is 14.9 Å². The quantitative estimate of drug-likeness (QED) is 0.141. The molecular formula is C36H41N5O5. The zero-order valence-electron chi connectivity index (χ0n) is 27.1. The van der Waals surface area contributed by atoms with Crippen molar-refractivity contribution in [3.8, 4) is 11.1 Å². The summed E-state index contributed by atoms with van der Waals surface area (Å²) in [5.74, 6) is 0.522. The Morgan fingerprint density at radius 3 is 2.48 bits per heavy atom. The summed E-state index contributed by atoms with van der Waals surface area (Å²) >= 11 is 0. The number of nitrogens with zero attached hydrogens (tertiary/aromatic N) is 2. The first-order chi connectivity index (χ1) is 22.1. The minimum Gasteiger partial charge on any atom is -0.449 e. The van der Waals surface area contributed by atoms with Crippen LogP contribution in [0.25, 0.3) is 17.2 Å². The average molecular weight is 624 g/mol. The Labute approximate surface area is 269 Å². The lowest BCUT2D eigenvalue weighted by Crippen LogP contribution is -2.32. The van der Waals surface area contributed by atoms with Gasteiger partial charge in [0, 0.05) is 49.1 Å². The molecule has 46 heavy (non-hydrogen) atoms. The molecule has 10 heteroatoms. The molecule has 1 aromatic heterocycles. The van der Waals surface area contributed by atoms with Crippen LogP contribution in [-0.2, 0) is 16.1 Å². The van der Waals surface area contributed by atoms with Crippen LogP contribution in [0.3, 0.4) is 0 Å². The molecule has 2 amide bonds. The van der Waals surface area contributed by atoms with Gasteiger partial charge in [0.2, 0.25) is 5.91 Å². The van der Waals surface area contributed by atoms with Gasteiger partial charge in [0.25, 0.3) is 0 Å². The summed E-state index contributed by atoms with van der Waals surface area (Å²) in [5.41, 5.74) is 7.94. The Morgan fingerprint density at radius 2 is 1.78 bits per heavy atom. The fourth-order valence-corrected chi connectivity index (χ4v) is 5.27. The molecule has 1 unspecified atom stereocenters. The van der Waals surface area contributed by atoms with Gasteiger partial charge in [0.1, 0.15) is 5.76 Å². The van der Waals surface area contributed by atoms with Crippen molar-refractivity contribution in [3.63, 3.8) is 0 Å². The van der Waals surface area contributed by atoms with Crippen molar-refractivity contribution in [3.05, 3.63) is 106 Å². The highest BCUT2D eigenvalue weighted by Crippen LogP contribution is 2.32. The van der Waals surface area contributed by atoms with E-state index < -0.39 is 6.09 Å². The number of benzene rings is 3. The first-order valence-corrected chi connectivity index (χ1v) is 15.1. The van der Waals surface area contributed by atoms with E-state index in [-0.39, 0.29) is 31.5 Å². The third-order valence-corrected chi connectivity index (χ3v) is 7.76. The number of aldehydes is 1. The monoisotopic (exact) mass is 623 g/mol. The second-order valence-electron chi connectivity index (χ2n) is 11.2. The van der Waals surface area contributed by atoms with E-state index in [4.69, 9.17) is 9.26 Å². The summed E-state index contributed by atoms with van der Waals surface area (Å²) in [6.07, 6.45) is 3.77. The van der Waals surface area contributed by atoms with E-state index in [1.165, 1.54) is 0 Å². The number of aryl methyl sites for hydroxylation is 3. The number of hydrogen-bond donors (Lipinski definition) is 3. The van der Waals surface area contributed by atoms with Gasteiger partial charge in [0.05, 0.1) is 18.8 Å². The minimum atomic E-state index is -0.563. The first-order valence-electron chi connectivity index (χ1n) is 15.1. The second-order valence-corrected chi connectivity index (χ2v) is 11.2. The highest BCUT2D eigenvalue weighted by molar-refractivity contribution is 5.87. The van der Waals surface area contributed by atoms with Gasteiger partial charge >= 0.3 is 6.09 Å². The van der Waals surface area contributed by atoms with Crippen LogP contribution in [0.5, 0.6) is 0 Å². The van der Waals surface area contributed by atoms with Gasteiger partial charge in [-0.05, 0) is 85.1 Å². The standard InChI is InChI=1S/C36H41N5O5/c1-23-9-7-8-10-32(23)24(2)22-45-36(44)39-31-13-14-33(35-25(3)40-46-26(35)4)28(17-31)20-41(6)34(43)19-38-30-12-11-27(15-16-37-5)29(18-30)21-42/h7-18,21,24,37-38H,19-20,22H2,1-6H3,(H,39,44)/b16-15-. The number of carbonyl (C=O) groups excluding carboxylic acids is 3. The number of aromatic nitrogens is 1. The lowest BCUT2D eigenvalue weighted by molar-refractivity contribution is -0.128. The lowest BCUT2D eigenvalue weighted by atomic mass is 9.97. The maximum Gasteiger partial charge on any atom is 0.411 e. The predicted molar refractivity (Wildman–Crippen MR) is 181 cm³/mol. The molecule has 10 nitrogen and oxygen atoms in total. The van der Waals surface area contributed by atoms with E-state index in [9.17, 15) is 14.4 Å². The summed E-state index contributed by atoms with van der Waals surface area (Å²) in [4.78, 5) is 39.2. The first kappa shape index (κ1) is 33.5. The zero-order chi connectivity index (χ0) is 33.2. The molecule has 4 rings (SSSR count). The summed E-state index contributed by atoms with van der Waals surface area (Å²) in [6, 6.07) is 18.9. The molecule has 3 aromatic carbocycles. The van der Waals surface area contributed by atoms with Crippen molar-refractivity contribution in [1.29, 1.82) is 0 Å². The van der Waals surface area contributed by atoms with E-state index in [1.807, 2.05) is 76.2 Å². The maximum absolute atomic E-state index is 13.2. The Kier molecular flexibility index (Phi) is 11.3. The van der Waals surface area contributed by atoms with Gasteiger partial charge in [-0.15, -0.1) is 0 Å². The fraction of sp³-hybridized carbons (Fsp3) is 0.278. The molecule has 0 fully saturated rings. The van der Waals surface area contributed by atoms with E-state index in [1.54, 1.807) is 43.4 Å². The molecule has 0 aliphatic heterocycles. The Morgan fingerprint density at radius 1 is 1.02 bits per heavy atom. The molecule has 0 saturated heterocycles. The summed E-state index contributed by atoms with van der Waals surface area (Å²) in [7, 11) is 3.49. The van der Waals surface area contributed by atoms with Gasteiger partial charge in [-0.2, -0.15) is 0 Å². The van der Waals surface area contributed by atoms with E-state index in [0.29, 0.717) is 22.7 Å². The molecule has 1 atom stereocenters. The van der Waals surface area contributed by atoms with Crippen LogP contribution < -0.4 is 16.0 Å². The number of anilines is 2. The Bertz CT molecular complexity index is 1710. The number of carbonyl (C=O) groups is 3. The normalized spacial score (nSPS) is 11.6. The Hall–Kier alpha value is -5.38. The van der Waals surface area contributed by atoms with Crippen LogP contribution in [0.15, 0.2) is 71.4 Å². The van der Waals surface area contributed by atoms with Crippen LogP contribution in [-0.4, -0.2) is 55.6 Å². The highest BCUT2D eigenvalue weighted by Gasteiger charge is 2.19. The zero-order valence-corrected chi connectivity index (χ0v) is 27.1. The molecule has 0 radical (unpaired) electrons. The van der Waals surface area contributed by atoms with Crippen molar-refractivity contribution < 1.29 is 23.6 Å². The number of hydrogen-bond acceptors (Lipinski definition) is 8. The SMILES string of the molecule is CN/C=C\c1ccc(NCC(=O)N(C)Cc2cc(NC(=O)OCC(C)c3ccccc3C)ccc2-c2c(C)noc2C)cc1C=O. The third-order valence-electron chi connectivity index (χ3n) is 7.76. The van der Waals surface area contributed by atoms with E-state index in [2.05, 4.69) is 21.1 Å². The van der Waals surface area contributed by atoms with Gasteiger partial charge in [-0.1, -0.05) is 48.5 Å². The van der Waals surface area contributed by atoms with E-state index in [0.717, 1.165) is 45.4 Å². The number of nitrogens with one attached hydrogen (secondary N) is 3. The topological polar surface area (TPSA) is 126 Å². The molecule has 240 valence electrons. The number of amides is 2. The van der Waals surface area contributed by atoms with Crippen LogP contribution in [0, 0.1) is 20.8 Å². The molecule has 1 heterocycles. The van der Waals surface area contributed by atoms with Crippen molar-refractivity contribution in [2.45, 2.75) is 40.2 Å². The van der Waals surface area contributed by atoms with Crippen molar-refractivity contribution in [2.24, 2.45) is 0 Å². The van der Waals surface area contributed by atoms with Gasteiger partial charge in [-0.25, -0.2) is 4.79 Å². The van der Waals surface area contributed by atoms with E-state index >= 15 is 0 Å². The number of likely N-dealkylation sites (N-methyl/N-ethyl adjacent to an activating group) is 1. The van der Waals surface area contributed by atoms with Crippen LogP contribution >= 0.6 is 0 Å². The molecule has 3 N–H and O–H groups in total. The minimum absolute atomic E-state index is 0.0183. The average Bonchev–Trinajstić information content (AvgIpc) is 3.38. The Balaban J connectivity index is 1.47. The van der Waals surface area contributed by atoms with Crippen molar-refractivity contribution in [2.75, 3.05) is 37.9 Å². The van der Waals surface area contributed by atoms with Crippen LogP contribution in [0.1, 0.15) is 56.9 Å². The maximum atomic E-state index is 13.2. The largest absolute Gasteiger partial charge is 0.449 e. The molecular weight excluding hydrogens is 582 g/mol. The third kappa shape index (κ3) is 8.41. The summed E-state index contributed by atoms with van der Waals surface area (Å²) in [5, 5.41) is 13.0. The fourth-order valence-electron chi connectivity index (χ4n) is 5.27. The predicted octanol–water partition coefficient (Wildman–Crippen LogP) is 6.69. The molecule has 4 aromatic rings. The molecule has 0 spiro atoms. The number of ether oxygens (including phenoxy) is 1. The number of rotatable bonds is 13. The van der Waals surface area contributed by atoms with Gasteiger partial charge in [0.15, 0.2) is 6.29 Å². The van der Waals surface area contributed by atoms with Crippen molar-refractivity contribution >= 4 is 35.7 Å². The van der Waals surface area contributed by atoms with Gasteiger partial charge < -0.3 is 24.8 Å². The molecule has 0 aliphatic carbocycles. The molecule has 0 aliphatic rings. The van der Waals surface area contributed by atoms with Crippen LogP contribution in [0.2, 0.25) is 0 Å². The summed E-state index contributed by atoms with van der Waals surface area (Å²) < 4.78 is 11.0. The summed E-state index contributed by atoms with van der Waals surface area (Å²) in [6.45, 7) is 8.26. The molecule has 0 bridgehead atoms.